The van der Waals surface area contributed by atoms with Crippen molar-refractivity contribution >= 4 is 40.8 Å². The van der Waals surface area contributed by atoms with E-state index < -0.39 is 5.97 Å². The number of esters is 1. The number of carbonyl (C=O) groups excluding carboxylic acids is 1. The van der Waals surface area contributed by atoms with Gasteiger partial charge in [-0.1, -0.05) is 53.5 Å². The summed E-state index contributed by atoms with van der Waals surface area (Å²) in [6.07, 6.45) is 0. The number of methoxy groups -OCH3 is 1. The van der Waals surface area contributed by atoms with E-state index in [0.29, 0.717) is 15.7 Å². The molecule has 0 radical (unpaired) electrons. The fraction of sp³-hybridized carbons (Fsp3) is 0.0476. The molecule has 0 amide bonds. The predicted octanol–water partition coefficient (Wildman–Crippen LogP) is 5.94. The van der Waals surface area contributed by atoms with E-state index >= 15 is 0 Å². The summed E-state index contributed by atoms with van der Waals surface area (Å²) in [5, 5.41) is 0.880. The van der Waals surface area contributed by atoms with Crippen LogP contribution in [0.1, 0.15) is 15.9 Å². The zero-order valence-electron chi connectivity index (χ0n) is 14.4. The van der Waals surface area contributed by atoms with Crippen molar-refractivity contribution in [2.75, 3.05) is 7.11 Å². The third kappa shape index (κ3) is 4.67. The molecule has 0 aliphatic rings. The Morgan fingerprint density at radius 3 is 2.33 bits per heavy atom. The molecule has 0 spiro atoms. The first-order valence-corrected chi connectivity index (χ1v) is 8.78. The van der Waals surface area contributed by atoms with Crippen molar-refractivity contribution < 1.29 is 14.3 Å². The molecule has 3 rings (SSSR count). The molecule has 0 heterocycles. The lowest BCUT2D eigenvalue weighted by atomic mass is 10.2. The Labute approximate surface area is 167 Å². The third-order valence-corrected chi connectivity index (χ3v) is 4.20. The number of para-hydroxylation sites is 1. The molecule has 0 saturated carbocycles. The van der Waals surface area contributed by atoms with Crippen molar-refractivity contribution in [2.24, 2.45) is 4.99 Å². The second-order valence-electron chi connectivity index (χ2n) is 5.47. The molecule has 0 bridgehead atoms. The fourth-order valence-corrected chi connectivity index (χ4v) is 2.69. The number of aliphatic imine (C=N–C) groups is 1. The number of hydrogen-bond donors (Lipinski definition) is 0. The summed E-state index contributed by atoms with van der Waals surface area (Å²) >= 11 is 12.2. The fourth-order valence-electron chi connectivity index (χ4n) is 2.34. The van der Waals surface area contributed by atoms with Crippen LogP contribution in [0.3, 0.4) is 0 Å². The summed E-state index contributed by atoms with van der Waals surface area (Å²) in [4.78, 5) is 16.6. The molecule has 4 nitrogen and oxygen atoms in total. The van der Waals surface area contributed by atoms with E-state index in [1.54, 1.807) is 24.3 Å². The van der Waals surface area contributed by atoms with Gasteiger partial charge in [-0.25, -0.2) is 9.79 Å². The van der Waals surface area contributed by atoms with Gasteiger partial charge >= 0.3 is 5.97 Å². The van der Waals surface area contributed by atoms with Crippen molar-refractivity contribution in [3.05, 3.63) is 94.0 Å². The van der Waals surface area contributed by atoms with Crippen LogP contribution in [0, 0.1) is 0 Å². The second-order valence-corrected chi connectivity index (χ2v) is 6.31. The van der Waals surface area contributed by atoms with Crippen molar-refractivity contribution in [3.63, 3.8) is 0 Å². The summed E-state index contributed by atoms with van der Waals surface area (Å²) in [5.74, 6) is 0.00902. The van der Waals surface area contributed by atoms with E-state index in [1.165, 1.54) is 13.2 Å². The number of carbonyl (C=O) groups is 1. The van der Waals surface area contributed by atoms with Crippen LogP contribution in [0.15, 0.2) is 77.8 Å². The van der Waals surface area contributed by atoms with Crippen LogP contribution in [-0.2, 0) is 4.74 Å². The molecular formula is C21H15Cl2NO3. The van der Waals surface area contributed by atoms with Gasteiger partial charge in [0.1, 0.15) is 11.3 Å². The monoisotopic (exact) mass is 399 g/mol. The zero-order chi connectivity index (χ0) is 19.2. The third-order valence-electron chi connectivity index (χ3n) is 3.65. The zero-order valence-corrected chi connectivity index (χ0v) is 15.9. The molecule has 136 valence electrons. The van der Waals surface area contributed by atoms with Gasteiger partial charge in [0.05, 0.1) is 17.8 Å². The molecule has 6 heteroatoms. The van der Waals surface area contributed by atoms with Crippen molar-refractivity contribution in [3.8, 4) is 5.75 Å². The van der Waals surface area contributed by atoms with Crippen LogP contribution in [-0.4, -0.2) is 19.0 Å². The van der Waals surface area contributed by atoms with E-state index in [0.717, 1.165) is 5.56 Å². The van der Waals surface area contributed by atoms with Gasteiger partial charge in [-0.2, -0.15) is 0 Å². The molecule has 0 aliphatic carbocycles. The highest BCUT2D eigenvalue weighted by Gasteiger charge is 2.17. The Kier molecular flexibility index (Phi) is 6.12. The maximum Gasteiger partial charge on any atom is 0.341 e. The van der Waals surface area contributed by atoms with Gasteiger partial charge in [0.2, 0.25) is 5.90 Å². The lowest BCUT2D eigenvalue weighted by Crippen LogP contribution is -2.13. The summed E-state index contributed by atoms with van der Waals surface area (Å²) < 4.78 is 10.8. The summed E-state index contributed by atoms with van der Waals surface area (Å²) in [7, 11) is 1.29. The van der Waals surface area contributed by atoms with Crippen LogP contribution in [0.4, 0.5) is 5.69 Å². The maximum absolute atomic E-state index is 12.1. The average Bonchev–Trinajstić information content (AvgIpc) is 2.70. The molecule has 0 N–H and O–H groups in total. The Morgan fingerprint density at radius 1 is 0.926 bits per heavy atom. The molecular weight excluding hydrogens is 385 g/mol. The van der Waals surface area contributed by atoms with Gasteiger partial charge in [0, 0.05) is 10.6 Å². The van der Waals surface area contributed by atoms with Crippen LogP contribution in [0.2, 0.25) is 10.0 Å². The normalized spacial score (nSPS) is 11.1. The minimum absolute atomic E-state index is 0.202. The van der Waals surface area contributed by atoms with Gasteiger partial charge in [0.15, 0.2) is 0 Å². The molecule has 0 aliphatic heterocycles. The quantitative estimate of drug-likeness (QED) is 0.310. The highest BCUT2D eigenvalue weighted by Crippen LogP contribution is 2.28. The SMILES string of the molecule is COC(=O)c1cc(Cl)ccc1OC(=Nc1ccccc1Cl)c1ccccc1. The van der Waals surface area contributed by atoms with Gasteiger partial charge in [-0.15, -0.1) is 0 Å². The first-order chi connectivity index (χ1) is 13.1. The molecule has 3 aromatic carbocycles. The van der Waals surface area contributed by atoms with Crippen LogP contribution < -0.4 is 4.74 Å². The van der Waals surface area contributed by atoms with E-state index in [4.69, 9.17) is 32.7 Å². The topological polar surface area (TPSA) is 47.9 Å². The molecule has 0 fully saturated rings. The highest BCUT2D eigenvalue weighted by atomic mass is 35.5. The number of rotatable bonds is 4. The van der Waals surface area contributed by atoms with Gasteiger partial charge in [0.25, 0.3) is 0 Å². The first-order valence-electron chi connectivity index (χ1n) is 8.03. The number of benzene rings is 3. The molecule has 0 unspecified atom stereocenters. The van der Waals surface area contributed by atoms with Gasteiger partial charge < -0.3 is 9.47 Å². The summed E-state index contributed by atoms with van der Waals surface area (Å²) in [6, 6.07) is 21.2. The Bertz CT molecular complexity index is 988. The summed E-state index contributed by atoms with van der Waals surface area (Å²) in [5.41, 5.74) is 1.47. The maximum atomic E-state index is 12.1. The number of ether oxygens (including phenoxy) is 2. The van der Waals surface area contributed by atoms with Crippen molar-refractivity contribution in [1.82, 2.24) is 0 Å². The second kappa shape index (κ2) is 8.71. The highest BCUT2D eigenvalue weighted by molar-refractivity contribution is 6.33. The van der Waals surface area contributed by atoms with Crippen LogP contribution in [0.5, 0.6) is 5.75 Å². The largest absolute Gasteiger partial charge is 0.465 e. The Balaban J connectivity index is 2.09. The molecule has 27 heavy (non-hydrogen) atoms. The molecule has 3 aromatic rings. The first kappa shape index (κ1) is 19.0. The van der Waals surface area contributed by atoms with Gasteiger partial charge in [-0.05, 0) is 42.5 Å². The standard InChI is InChI=1S/C21H15Cl2NO3/c1-26-21(25)16-13-15(22)11-12-19(16)27-20(14-7-3-2-4-8-14)24-18-10-6-5-9-17(18)23/h2-13H,1H3. The average molecular weight is 400 g/mol. The Hall–Kier alpha value is -2.82. The van der Waals surface area contributed by atoms with Crippen molar-refractivity contribution in [1.29, 1.82) is 0 Å². The van der Waals surface area contributed by atoms with Crippen LogP contribution >= 0.6 is 23.2 Å². The molecule has 0 saturated heterocycles. The number of hydrogen-bond acceptors (Lipinski definition) is 4. The van der Waals surface area contributed by atoms with Gasteiger partial charge in [-0.3, -0.25) is 0 Å². The smallest absolute Gasteiger partial charge is 0.341 e. The van der Waals surface area contributed by atoms with Crippen LogP contribution in [0.25, 0.3) is 0 Å². The molecule has 0 aromatic heterocycles. The van der Waals surface area contributed by atoms with E-state index in [9.17, 15) is 4.79 Å². The van der Waals surface area contributed by atoms with E-state index in [-0.39, 0.29) is 17.2 Å². The van der Waals surface area contributed by atoms with Crippen molar-refractivity contribution in [2.45, 2.75) is 0 Å². The van der Waals surface area contributed by atoms with E-state index in [2.05, 4.69) is 4.99 Å². The number of nitrogens with zero attached hydrogens (tertiary/aromatic N) is 1. The Morgan fingerprint density at radius 2 is 1.63 bits per heavy atom. The molecule has 0 atom stereocenters. The van der Waals surface area contributed by atoms with E-state index in [1.807, 2.05) is 42.5 Å². The minimum Gasteiger partial charge on any atom is -0.465 e. The number of halogens is 2. The minimum atomic E-state index is -0.558. The lowest BCUT2D eigenvalue weighted by Gasteiger charge is -2.13. The summed E-state index contributed by atoms with van der Waals surface area (Å²) in [6.45, 7) is 0. The lowest BCUT2D eigenvalue weighted by molar-refractivity contribution is 0.0598. The predicted molar refractivity (Wildman–Crippen MR) is 108 cm³/mol.